The van der Waals surface area contributed by atoms with E-state index in [1.165, 1.54) is 10.6 Å². The number of rotatable bonds is 6. The van der Waals surface area contributed by atoms with Crippen LogP contribution >= 0.6 is 0 Å². The molecule has 7 heteroatoms. The topological polar surface area (TPSA) is 81.9 Å². The molecule has 0 aliphatic rings. The number of carbonyl (C=O) groups is 1. The van der Waals surface area contributed by atoms with E-state index in [9.17, 15) is 9.59 Å². The fraction of sp³-hybridized carbons (Fsp3) is 0.211. The van der Waals surface area contributed by atoms with E-state index in [1.807, 2.05) is 13.8 Å². The lowest BCUT2D eigenvalue weighted by Crippen LogP contribution is -2.26. The minimum atomic E-state index is -0.560. The van der Waals surface area contributed by atoms with Crippen LogP contribution in [0.2, 0.25) is 0 Å². The molecule has 2 aromatic heterocycles. The third-order valence-corrected chi connectivity index (χ3v) is 3.67. The zero-order chi connectivity index (χ0) is 18.5. The summed E-state index contributed by atoms with van der Waals surface area (Å²) in [6.45, 7) is 4.66. The number of pyridine rings is 1. The molecule has 0 atom stereocenters. The summed E-state index contributed by atoms with van der Waals surface area (Å²) in [5, 5.41) is 2.72. The van der Waals surface area contributed by atoms with Gasteiger partial charge < -0.3 is 14.8 Å². The fourth-order valence-electron chi connectivity index (χ4n) is 2.52. The third kappa shape index (κ3) is 3.51. The van der Waals surface area contributed by atoms with Gasteiger partial charge in [0.05, 0.1) is 18.9 Å². The molecule has 0 saturated heterocycles. The van der Waals surface area contributed by atoms with Crippen molar-refractivity contribution < 1.29 is 14.3 Å². The van der Waals surface area contributed by atoms with Gasteiger partial charge in [-0.2, -0.15) is 0 Å². The maximum Gasteiger partial charge on any atom is 0.270 e. The zero-order valence-corrected chi connectivity index (χ0v) is 14.6. The second kappa shape index (κ2) is 7.69. The summed E-state index contributed by atoms with van der Waals surface area (Å²) in [7, 11) is 0. The van der Waals surface area contributed by atoms with Crippen LogP contribution in [0, 0.1) is 0 Å². The van der Waals surface area contributed by atoms with Gasteiger partial charge in [0.25, 0.3) is 11.5 Å². The normalized spacial score (nSPS) is 10.5. The van der Waals surface area contributed by atoms with Crippen molar-refractivity contribution in [2.45, 2.75) is 13.8 Å². The molecule has 0 spiro atoms. The van der Waals surface area contributed by atoms with Crippen LogP contribution in [0.1, 0.15) is 24.2 Å². The number of nitrogens with zero attached hydrogens (tertiary/aromatic N) is 2. The highest BCUT2D eigenvalue weighted by atomic mass is 16.5. The van der Waals surface area contributed by atoms with Crippen molar-refractivity contribution in [1.82, 2.24) is 9.38 Å². The van der Waals surface area contributed by atoms with Gasteiger partial charge in [-0.25, -0.2) is 4.98 Å². The van der Waals surface area contributed by atoms with Crippen molar-refractivity contribution in [3.63, 3.8) is 0 Å². The van der Waals surface area contributed by atoms with E-state index in [4.69, 9.17) is 9.47 Å². The Balaban J connectivity index is 1.96. The molecule has 0 unspecified atom stereocenters. The number of hydrogen-bond acceptors (Lipinski definition) is 5. The Bertz CT molecular complexity index is 997. The Morgan fingerprint density at radius 2 is 1.96 bits per heavy atom. The van der Waals surface area contributed by atoms with E-state index < -0.39 is 11.5 Å². The third-order valence-electron chi connectivity index (χ3n) is 3.67. The lowest BCUT2D eigenvalue weighted by Gasteiger charge is -2.13. The monoisotopic (exact) mass is 353 g/mol. The number of fused-ring (bicyclic) bond motifs is 1. The maximum absolute atomic E-state index is 12.6. The van der Waals surface area contributed by atoms with Crippen LogP contribution in [-0.2, 0) is 0 Å². The van der Waals surface area contributed by atoms with Crippen LogP contribution in [0.4, 0.5) is 5.69 Å². The van der Waals surface area contributed by atoms with Gasteiger partial charge >= 0.3 is 0 Å². The van der Waals surface area contributed by atoms with Gasteiger partial charge in [0.1, 0.15) is 22.7 Å². The highest BCUT2D eigenvalue weighted by Crippen LogP contribution is 2.29. The highest BCUT2D eigenvalue weighted by molar-refractivity contribution is 6.04. The Labute approximate surface area is 150 Å². The number of amides is 1. The van der Waals surface area contributed by atoms with Crippen molar-refractivity contribution in [3.8, 4) is 11.5 Å². The Morgan fingerprint density at radius 1 is 1.15 bits per heavy atom. The van der Waals surface area contributed by atoms with Gasteiger partial charge in [0.15, 0.2) is 0 Å². The lowest BCUT2D eigenvalue weighted by molar-refractivity contribution is 0.102. The predicted molar refractivity (Wildman–Crippen MR) is 98.2 cm³/mol. The molecule has 0 saturated carbocycles. The maximum atomic E-state index is 12.6. The molecule has 26 heavy (non-hydrogen) atoms. The molecule has 2 heterocycles. The second-order valence-electron chi connectivity index (χ2n) is 5.38. The van der Waals surface area contributed by atoms with Crippen LogP contribution in [0.15, 0.2) is 53.6 Å². The average molecular weight is 353 g/mol. The molecule has 7 nitrogen and oxygen atoms in total. The number of benzene rings is 1. The molecule has 0 aliphatic carbocycles. The molecule has 0 aliphatic heterocycles. The van der Waals surface area contributed by atoms with Crippen LogP contribution in [-0.4, -0.2) is 28.5 Å². The number of ether oxygens (including phenoxy) is 2. The van der Waals surface area contributed by atoms with Gasteiger partial charge in [0, 0.05) is 18.5 Å². The average Bonchev–Trinajstić information content (AvgIpc) is 2.64. The van der Waals surface area contributed by atoms with Gasteiger partial charge in [-0.1, -0.05) is 6.07 Å². The van der Waals surface area contributed by atoms with Gasteiger partial charge in [-0.15, -0.1) is 0 Å². The fourth-order valence-corrected chi connectivity index (χ4v) is 2.52. The summed E-state index contributed by atoms with van der Waals surface area (Å²) in [5.74, 6) is 0.535. The van der Waals surface area contributed by atoms with E-state index in [0.717, 1.165) is 0 Å². The molecule has 134 valence electrons. The highest BCUT2D eigenvalue weighted by Gasteiger charge is 2.16. The SMILES string of the molecule is CCOc1ccc(OCC)c(NC(=O)c2cnc3ccccn3c2=O)c1. The Hall–Kier alpha value is -3.35. The molecule has 3 aromatic rings. The smallest absolute Gasteiger partial charge is 0.270 e. The number of aromatic nitrogens is 2. The zero-order valence-electron chi connectivity index (χ0n) is 14.6. The van der Waals surface area contributed by atoms with Crippen molar-refractivity contribution in [1.29, 1.82) is 0 Å². The number of hydrogen-bond donors (Lipinski definition) is 1. The Kier molecular flexibility index (Phi) is 5.17. The van der Waals surface area contributed by atoms with E-state index in [-0.39, 0.29) is 5.56 Å². The van der Waals surface area contributed by atoms with Crippen molar-refractivity contribution in [2.24, 2.45) is 0 Å². The van der Waals surface area contributed by atoms with Crippen LogP contribution in [0.25, 0.3) is 5.65 Å². The minimum absolute atomic E-state index is 0.0574. The summed E-state index contributed by atoms with van der Waals surface area (Å²) in [6.07, 6.45) is 2.85. The van der Waals surface area contributed by atoms with E-state index in [0.29, 0.717) is 36.0 Å². The lowest BCUT2D eigenvalue weighted by atomic mass is 10.2. The predicted octanol–water partition coefficient (Wildman–Crippen LogP) is 2.74. The van der Waals surface area contributed by atoms with Crippen molar-refractivity contribution in [2.75, 3.05) is 18.5 Å². The van der Waals surface area contributed by atoms with Gasteiger partial charge in [-0.3, -0.25) is 14.0 Å². The first-order valence-electron chi connectivity index (χ1n) is 8.31. The van der Waals surface area contributed by atoms with E-state index in [2.05, 4.69) is 10.3 Å². The van der Waals surface area contributed by atoms with Gasteiger partial charge in [0.2, 0.25) is 0 Å². The first-order valence-corrected chi connectivity index (χ1v) is 8.31. The molecular weight excluding hydrogens is 334 g/mol. The van der Waals surface area contributed by atoms with Crippen molar-refractivity contribution >= 4 is 17.2 Å². The van der Waals surface area contributed by atoms with E-state index in [1.54, 1.807) is 42.6 Å². The van der Waals surface area contributed by atoms with Crippen LogP contribution < -0.4 is 20.3 Å². The first-order chi connectivity index (χ1) is 12.6. The number of nitrogens with one attached hydrogen (secondary N) is 1. The standard InChI is InChI=1S/C19H19N3O4/c1-3-25-13-8-9-16(26-4-2)15(11-13)21-18(23)14-12-20-17-7-5-6-10-22(17)19(14)24/h5-12H,3-4H2,1-2H3,(H,21,23). The second-order valence-corrected chi connectivity index (χ2v) is 5.38. The molecule has 0 fully saturated rings. The number of anilines is 1. The van der Waals surface area contributed by atoms with Crippen LogP contribution in [0.5, 0.6) is 11.5 Å². The molecule has 0 radical (unpaired) electrons. The molecule has 0 bridgehead atoms. The molecular formula is C19H19N3O4. The van der Waals surface area contributed by atoms with Gasteiger partial charge in [-0.05, 0) is 38.1 Å². The van der Waals surface area contributed by atoms with E-state index >= 15 is 0 Å². The molecule has 1 aromatic carbocycles. The van der Waals surface area contributed by atoms with Crippen LogP contribution in [0.3, 0.4) is 0 Å². The first kappa shape index (κ1) is 17.5. The largest absolute Gasteiger partial charge is 0.494 e. The molecule has 1 N–H and O–H groups in total. The van der Waals surface area contributed by atoms with Crippen molar-refractivity contribution in [3.05, 3.63) is 64.7 Å². The summed E-state index contributed by atoms with van der Waals surface area (Å²) < 4.78 is 12.3. The Morgan fingerprint density at radius 3 is 2.73 bits per heavy atom. The summed E-state index contributed by atoms with van der Waals surface area (Å²) in [4.78, 5) is 29.3. The quantitative estimate of drug-likeness (QED) is 0.737. The summed E-state index contributed by atoms with van der Waals surface area (Å²) in [5.41, 5.74) is 0.410. The minimum Gasteiger partial charge on any atom is -0.494 e. The molecule has 1 amide bonds. The number of carbonyl (C=O) groups excluding carboxylic acids is 1. The summed E-state index contributed by atoms with van der Waals surface area (Å²) >= 11 is 0. The molecule has 3 rings (SSSR count). The summed E-state index contributed by atoms with van der Waals surface area (Å²) in [6, 6.07) is 10.3.